The predicted molar refractivity (Wildman–Crippen MR) is 63.0 cm³/mol. The third-order valence-corrected chi connectivity index (χ3v) is 3.03. The quantitative estimate of drug-likeness (QED) is 0.770. The van der Waals surface area contributed by atoms with Crippen molar-refractivity contribution in [1.82, 2.24) is 9.78 Å². The first kappa shape index (κ1) is 13.2. The predicted octanol–water partition coefficient (Wildman–Crippen LogP) is 4.34. The summed E-state index contributed by atoms with van der Waals surface area (Å²) in [6, 6.07) is 5.61. The summed E-state index contributed by atoms with van der Waals surface area (Å²) in [5.41, 5.74) is -0.518. The molecule has 0 amide bonds. The van der Waals surface area contributed by atoms with E-state index >= 15 is 0 Å². The van der Waals surface area contributed by atoms with Gasteiger partial charge in [-0.05, 0) is 12.1 Å². The fourth-order valence-corrected chi connectivity index (χ4v) is 2.15. The first-order valence-corrected chi connectivity index (χ1v) is 5.83. The Labute approximate surface area is 111 Å². The molecule has 0 radical (unpaired) electrons. The first-order valence-electron chi connectivity index (χ1n) is 4.92. The van der Waals surface area contributed by atoms with Crippen molar-refractivity contribution in [3.63, 3.8) is 0 Å². The van der Waals surface area contributed by atoms with Crippen LogP contribution in [0.3, 0.4) is 0 Å². The van der Waals surface area contributed by atoms with E-state index in [1.807, 2.05) is 0 Å². The second-order valence-corrected chi connectivity index (χ2v) is 4.08. The second kappa shape index (κ2) is 5.20. The lowest BCUT2D eigenvalue weighted by atomic mass is 10.3. The molecule has 0 atom stereocenters. The molecule has 1 aromatic carbocycles. The lowest BCUT2D eigenvalue weighted by Gasteiger charge is -2.03. The molecule has 1 aromatic heterocycles. The summed E-state index contributed by atoms with van der Waals surface area (Å²) in [5.74, 6) is -0.823. The van der Waals surface area contributed by atoms with Gasteiger partial charge in [0, 0.05) is 5.56 Å². The molecule has 0 aliphatic heterocycles. The van der Waals surface area contributed by atoms with Crippen LogP contribution in [0.25, 0.3) is 5.69 Å². The maximum atomic E-state index is 13.6. The van der Waals surface area contributed by atoms with Crippen molar-refractivity contribution in [2.24, 2.45) is 0 Å². The van der Waals surface area contributed by atoms with Crippen molar-refractivity contribution in [2.75, 3.05) is 0 Å². The van der Waals surface area contributed by atoms with Crippen LogP contribution >= 0.6 is 23.2 Å². The lowest BCUT2D eigenvalue weighted by Crippen LogP contribution is -2.00. The summed E-state index contributed by atoms with van der Waals surface area (Å²) in [7, 11) is 0. The molecule has 18 heavy (non-hydrogen) atoms. The SMILES string of the molecule is Fc1ccccc1-n1nc(C(F)F)c(CCl)c1Cl. The van der Waals surface area contributed by atoms with E-state index in [0.29, 0.717) is 0 Å². The maximum absolute atomic E-state index is 13.6. The smallest absolute Gasteiger partial charge is 0.218 e. The van der Waals surface area contributed by atoms with Crippen LogP contribution in [0.4, 0.5) is 13.2 Å². The number of halogens is 5. The van der Waals surface area contributed by atoms with Crippen LogP contribution in [0, 0.1) is 5.82 Å². The van der Waals surface area contributed by atoms with Crippen molar-refractivity contribution < 1.29 is 13.2 Å². The highest BCUT2D eigenvalue weighted by molar-refractivity contribution is 6.31. The van der Waals surface area contributed by atoms with Gasteiger partial charge in [-0.25, -0.2) is 17.9 Å². The number of hydrogen-bond acceptors (Lipinski definition) is 1. The van der Waals surface area contributed by atoms with E-state index in [0.717, 1.165) is 4.68 Å². The number of hydrogen-bond donors (Lipinski definition) is 0. The summed E-state index contributed by atoms with van der Waals surface area (Å²) in [6.45, 7) is 0. The van der Waals surface area contributed by atoms with Gasteiger partial charge >= 0.3 is 0 Å². The Hall–Kier alpha value is -1.20. The number of rotatable bonds is 3. The Morgan fingerprint density at radius 3 is 2.44 bits per heavy atom. The molecule has 1 heterocycles. The average Bonchev–Trinajstić information content (AvgIpc) is 2.67. The van der Waals surface area contributed by atoms with Gasteiger partial charge in [-0.1, -0.05) is 23.7 Å². The minimum atomic E-state index is -2.82. The topological polar surface area (TPSA) is 17.8 Å². The van der Waals surface area contributed by atoms with E-state index in [4.69, 9.17) is 23.2 Å². The minimum Gasteiger partial charge on any atom is -0.218 e. The van der Waals surface area contributed by atoms with Crippen molar-refractivity contribution in [1.29, 1.82) is 0 Å². The van der Waals surface area contributed by atoms with E-state index in [-0.39, 0.29) is 22.3 Å². The molecule has 7 heteroatoms. The van der Waals surface area contributed by atoms with Crippen molar-refractivity contribution in [3.8, 4) is 5.69 Å². The number of alkyl halides is 3. The lowest BCUT2D eigenvalue weighted by molar-refractivity contribution is 0.144. The third-order valence-electron chi connectivity index (χ3n) is 2.37. The van der Waals surface area contributed by atoms with Gasteiger partial charge in [0.1, 0.15) is 22.4 Å². The van der Waals surface area contributed by atoms with Crippen LogP contribution in [0.2, 0.25) is 5.15 Å². The van der Waals surface area contributed by atoms with Crippen molar-refractivity contribution >= 4 is 23.2 Å². The van der Waals surface area contributed by atoms with Crippen LogP contribution in [0.5, 0.6) is 0 Å². The largest absolute Gasteiger partial charge is 0.282 e. The molecule has 0 fully saturated rings. The van der Waals surface area contributed by atoms with Crippen LogP contribution in [-0.4, -0.2) is 9.78 Å². The minimum absolute atomic E-state index is 0.000710. The number of aromatic nitrogens is 2. The molecule has 2 nitrogen and oxygen atoms in total. The van der Waals surface area contributed by atoms with Crippen LogP contribution in [0.15, 0.2) is 24.3 Å². The highest BCUT2D eigenvalue weighted by atomic mass is 35.5. The van der Waals surface area contributed by atoms with Crippen molar-refractivity contribution in [3.05, 3.63) is 46.5 Å². The van der Waals surface area contributed by atoms with E-state index in [1.54, 1.807) is 6.07 Å². The molecule has 2 aromatic rings. The molecule has 0 saturated heterocycles. The van der Waals surface area contributed by atoms with E-state index in [9.17, 15) is 13.2 Å². The highest BCUT2D eigenvalue weighted by Crippen LogP contribution is 2.31. The number of para-hydroxylation sites is 1. The first-order chi connectivity index (χ1) is 8.56. The van der Waals surface area contributed by atoms with Crippen LogP contribution in [-0.2, 0) is 5.88 Å². The molecule has 2 rings (SSSR count). The summed E-state index contributed by atoms with van der Waals surface area (Å²) in [6.07, 6.45) is -2.82. The van der Waals surface area contributed by atoms with Crippen LogP contribution < -0.4 is 0 Å². The Morgan fingerprint density at radius 1 is 1.28 bits per heavy atom. The summed E-state index contributed by atoms with van der Waals surface area (Å²) < 4.78 is 40.0. The normalized spacial score (nSPS) is 11.2. The standard InChI is InChI=1S/C11H7Cl2F3N2/c12-5-6-9(11(15)16)17-18(10(6)13)8-4-2-1-3-7(8)14/h1-4,11H,5H2. The van der Waals surface area contributed by atoms with Gasteiger partial charge in [0.25, 0.3) is 6.43 Å². The Balaban J connectivity index is 2.63. The Kier molecular flexibility index (Phi) is 3.82. The molecule has 96 valence electrons. The molecule has 0 aliphatic carbocycles. The number of benzene rings is 1. The zero-order valence-electron chi connectivity index (χ0n) is 8.88. The third kappa shape index (κ3) is 2.20. The summed E-state index contributed by atoms with van der Waals surface area (Å²) in [4.78, 5) is 0. The molecule has 0 saturated carbocycles. The zero-order valence-corrected chi connectivity index (χ0v) is 10.4. The van der Waals surface area contributed by atoms with E-state index < -0.39 is 17.9 Å². The number of nitrogens with zero attached hydrogens (tertiary/aromatic N) is 2. The van der Waals surface area contributed by atoms with Gasteiger partial charge in [-0.3, -0.25) is 0 Å². The molecule has 0 N–H and O–H groups in total. The average molecular weight is 295 g/mol. The molecular weight excluding hydrogens is 288 g/mol. The van der Waals surface area contributed by atoms with E-state index in [2.05, 4.69) is 5.10 Å². The maximum Gasteiger partial charge on any atom is 0.282 e. The zero-order chi connectivity index (χ0) is 13.3. The van der Waals surface area contributed by atoms with E-state index in [1.165, 1.54) is 18.2 Å². The Bertz CT molecular complexity index is 569. The summed E-state index contributed by atoms with van der Waals surface area (Å²) in [5, 5.41) is 3.52. The second-order valence-electron chi connectivity index (χ2n) is 3.45. The van der Waals surface area contributed by atoms with Gasteiger partial charge in [0.05, 0.1) is 5.88 Å². The fraction of sp³-hybridized carbons (Fsp3) is 0.182. The molecule has 0 spiro atoms. The fourth-order valence-electron chi connectivity index (χ4n) is 1.53. The summed E-state index contributed by atoms with van der Waals surface area (Å²) >= 11 is 11.5. The van der Waals surface area contributed by atoms with Crippen molar-refractivity contribution in [2.45, 2.75) is 12.3 Å². The monoisotopic (exact) mass is 294 g/mol. The Morgan fingerprint density at radius 2 is 1.94 bits per heavy atom. The van der Waals surface area contributed by atoms with Gasteiger partial charge in [-0.2, -0.15) is 5.10 Å². The molecule has 0 aliphatic rings. The molecule has 0 bridgehead atoms. The highest BCUT2D eigenvalue weighted by Gasteiger charge is 2.23. The molecule has 0 unspecified atom stereocenters. The van der Waals surface area contributed by atoms with Gasteiger partial charge in [0.15, 0.2) is 0 Å². The van der Waals surface area contributed by atoms with Gasteiger partial charge in [-0.15, -0.1) is 11.6 Å². The van der Waals surface area contributed by atoms with Crippen LogP contribution in [0.1, 0.15) is 17.7 Å². The molecular formula is C11H7Cl2F3N2. The van der Waals surface area contributed by atoms with Gasteiger partial charge in [0.2, 0.25) is 0 Å². The van der Waals surface area contributed by atoms with Gasteiger partial charge < -0.3 is 0 Å².